The molecule has 3 rings (SSSR count). The Balaban J connectivity index is 0.00000136. The Morgan fingerprint density at radius 1 is 0.857 bits per heavy atom. The molecule has 7 heteroatoms. The topological polar surface area (TPSA) is 52.6 Å². The third kappa shape index (κ3) is 4.91. The van der Waals surface area contributed by atoms with Gasteiger partial charge in [-0.3, -0.25) is 9.59 Å². The number of carbonyl (C=O) groups excluding carboxylic acids is 2. The minimum atomic E-state index is -4.63. The highest BCUT2D eigenvalue weighted by molar-refractivity contribution is 6.04. The average Bonchev–Trinajstić information content (AvgIpc) is 2.72. The van der Waals surface area contributed by atoms with E-state index < -0.39 is 23.1 Å². The Kier molecular flexibility index (Phi) is 7.20. The molecule has 150 valence electrons. The zero-order valence-corrected chi connectivity index (χ0v) is 15.6. The van der Waals surface area contributed by atoms with Gasteiger partial charge >= 0.3 is 6.18 Å². The van der Waals surface area contributed by atoms with Gasteiger partial charge in [0.05, 0.1) is 11.1 Å². The molecular weight excluding hydrogens is 373 g/mol. The highest BCUT2D eigenvalue weighted by atomic mass is 19.4. The van der Waals surface area contributed by atoms with E-state index in [1.807, 2.05) is 13.8 Å². The van der Waals surface area contributed by atoms with E-state index in [0.29, 0.717) is 24.7 Å². The second-order valence-electron chi connectivity index (χ2n) is 5.72. The lowest BCUT2D eigenvalue weighted by Crippen LogP contribution is -2.18. The molecule has 0 fully saturated rings. The van der Waals surface area contributed by atoms with Crippen molar-refractivity contribution < 1.29 is 32.2 Å². The molecule has 0 radical (unpaired) electrons. The van der Waals surface area contributed by atoms with Gasteiger partial charge in [0.15, 0.2) is 23.1 Å². The van der Waals surface area contributed by atoms with Crippen LogP contribution in [0.3, 0.4) is 0 Å². The van der Waals surface area contributed by atoms with Crippen molar-refractivity contribution in [3.8, 4) is 11.5 Å². The standard InChI is InChI=1S/C19H15F3O4.C2H6/c20-19(21,22)14-6-2-1-4-12(14)15(23)8-9-16(24)13-5-3-7-17-18(13)26-11-10-25-17;1-2/h1-7H,8-11H2;1-2H3. The van der Waals surface area contributed by atoms with Crippen molar-refractivity contribution >= 4 is 11.6 Å². The Bertz CT molecular complexity index is 844. The van der Waals surface area contributed by atoms with Crippen molar-refractivity contribution in [2.24, 2.45) is 0 Å². The van der Waals surface area contributed by atoms with E-state index in [9.17, 15) is 22.8 Å². The molecule has 0 amide bonds. The van der Waals surface area contributed by atoms with Crippen LogP contribution in [0.2, 0.25) is 0 Å². The number of Topliss-reactive ketones (excluding diaryl/α,β-unsaturated/α-hetero) is 2. The Morgan fingerprint density at radius 3 is 2.11 bits per heavy atom. The summed E-state index contributed by atoms with van der Waals surface area (Å²) >= 11 is 0. The highest BCUT2D eigenvalue weighted by Gasteiger charge is 2.34. The lowest BCUT2D eigenvalue weighted by atomic mass is 9.97. The van der Waals surface area contributed by atoms with Crippen LogP contribution in [0.4, 0.5) is 13.2 Å². The number of hydrogen-bond donors (Lipinski definition) is 0. The molecule has 2 aromatic carbocycles. The summed E-state index contributed by atoms with van der Waals surface area (Å²) in [6.45, 7) is 4.67. The van der Waals surface area contributed by atoms with Crippen LogP contribution in [0.5, 0.6) is 11.5 Å². The summed E-state index contributed by atoms with van der Waals surface area (Å²) in [5.41, 5.74) is -1.16. The van der Waals surface area contributed by atoms with Gasteiger partial charge in [0.2, 0.25) is 0 Å². The molecule has 2 aromatic rings. The number of halogens is 3. The fourth-order valence-corrected chi connectivity index (χ4v) is 2.76. The molecule has 0 bridgehead atoms. The first-order chi connectivity index (χ1) is 13.4. The summed E-state index contributed by atoms with van der Waals surface area (Å²) in [6.07, 6.45) is -5.17. The van der Waals surface area contributed by atoms with Gasteiger partial charge in [-0.1, -0.05) is 38.1 Å². The van der Waals surface area contributed by atoms with Gasteiger partial charge < -0.3 is 9.47 Å². The summed E-state index contributed by atoms with van der Waals surface area (Å²) in [5.74, 6) is -0.360. The third-order valence-corrected chi connectivity index (χ3v) is 3.98. The molecule has 0 atom stereocenters. The van der Waals surface area contributed by atoms with Crippen LogP contribution < -0.4 is 9.47 Å². The molecule has 0 unspecified atom stereocenters. The Morgan fingerprint density at radius 2 is 1.43 bits per heavy atom. The van der Waals surface area contributed by atoms with Crippen molar-refractivity contribution in [2.75, 3.05) is 13.2 Å². The van der Waals surface area contributed by atoms with E-state index >= 15 is 0 Å². The van der Waals surface area contributed by atoms with Crippen molar-refractivity contribution in [3.05, 3.63) is 59.2 Å². The van der Waals surface area contributed by atoms with Gasteiger partial charge in [0, 0.05) is 18.4 Å². The first kappa shape index (κ1) is 21.5. The van der Waals surface area contributed by atoms with Crippen LogP contribution in [0.1, 0.15) is 53.0 Å². The number of hydrogen-bond acceptors (Lipinski definition) is 4. The quantitative estimate of drug-likeness (QED) is 0.642. The molecule has 1 heterocycles. The lowest BCUT2D eigenvalue weighted by Gasteiger charge is -2.20. The van der Waals surface area contributed by atoms with E-state index in [-0.39, 0.29) is 24.2 Å². The molecule has 0 saturated heterocycles. The predicted octanol–water partition coefficient (Wildman–Crippen LogP) is 5.35. The number of alkyl halides is 3. The Labute approximate surface area is 161 Å². The van der Waals surface area contributed by atoms with E-state index in [4.69, 9.17) is 9.47 Å². The van der Waals surface area contributed by atoms with Crippen LogP contribution >= 0.6 is 0 Å². The van der Waals surface area contributed by atoms with Gasteiger partial charge in [-0.2, -0.15) is 13.2 Å². The largest absolute Gasteiger partial charge is 0.486 e. The number of carbonyl (C=O) groups is 2. The molecule has 1 aliphatic rings. The van der Waals surface area contributed by atoms with Crippen LogP contribution in [0.25, 0.3) is 0 Å². The van der Waals surface area contributed by atoms with Gasteiger partial charge in [-0.15, -0.1) is 0 Å². The van der Waals surface area contributed by atoms with Crippen LogP contribution in [-0.2, 0) is 6.18 Å². The molecule has 0 spiro atoms. The molecule has 4 nitrogen and oxygen atoms in total. The van der Waals surface area contributed by atoms with Crippen LogP contribution in [0, 0.1) is 0 Å². The summed E-state index contributed by atoms with van der Waals surface area (Å²) in [4.78, 5) is 24.7. The van der Waals surface area contributed by atoms with Crippen LogP contribution in [-0.4, -0.2) is 24.8 Å². The number of para-hydroxylation sites is 1. The molecule has 0 N–H and O–H groups in total. The molecular formula is C21H21F3O4. The van der Waals surface area contributed by atoms with Gasteiger partial charge in [-0.25, -0.2) is 0 Å². The second kappa shape index (κ2) is 9.39. The maximum Gasteiger partial charge on any atom is 0.417 e. The summed E-state index contributed by atoms with van der Waals surface area (Å²) in [5, 5.41) is 0. The van der Waals surface area contributed by atoms with E-state index in [0.717, 1.165) is 12.1 Å². The SMILES string of the molecule is CC.O=C(CCC(=O)c1cccc2c1OCCO2)c1ccccc1C(F)(F)F. The number of ether oxygens (including phenoxy) is 2. The number of benzene rings is 2. The van der Waals surface area contributed by atoms with E-state index in [1.165, 1.54) is 12.1 Å². The monoisotopic (exact) mass is 394 g/mol. The zero-order valence-electron chi connectivity index (χ0n) is 15.6. The minimum absolute atomic E-state index is 0.217. The molecule has 0 saturated carbocycles. The zero-order chi connectivity index (χ0) is 20.7. The summed E-state index contributed by atoms with van der Waals surface area (Å²) in [7, 11) is 0. The summed E-state index contributed by atoms with van der Waals surface area (Å²) in [6, 6.07) is 9.40. The normalized spacial score (nSPS) is 12.6. The predicted molar refractivity (Wildman–Crippen MR) is 98.1 cm³/mol. The van der Waals surface area contributed by atoms with E-state index in [1.54, 1.807) is 18.2 Å². The maximum absolute atomic E-state index is 13.0. The maximum atomic E-state index is 13.0. The third-order valence-electron chi connectivity index (χ3n) is 3.98. The molecule has 1 aliphatic heterocycles. The highest BCUT2D eigenvalue weighted by Crippen LogP contribution is 2.35. The number of ketones is 2. The van der Waals surface area contributed by atoms with Gasteiger partial charge in [0.1, 0.15) is 13.2 Å². The van der Waals surface area contributed by atoms with Crippen molar-refractivity contribution in [1.82, 2.24) is 0 Å². The van der Waals surface area contributed by atoms with Crippen LogP contribution in [0.15, 0.2) is 42.5 Å². The van der Waals surface area contributed by atoms with E-state index in [2.05, 4.69) is 0 Å². The van der Waals surface area contributed by atoms with Gasteiger partial charge in [-0.05, 0) is 18.2 Å². The second-order valence-corrected chi connectivity index (χ2v) is 5.72. The first-order valence-electron chi connectivity index (χ1n) is 8.99. The van der Waals surface area contributed by atoms with Gasteiger partial charge in [0.25, 0.3) is 0 Å². The molecule has 0 aliphatic carbocycles. The smallest absolute Gasteiger partial charge is 0.417 e. The first-order valence-corrected chi connectivity index (χ1v) is 8.99. The number of rotatable bonds is 5. The summed E-state index contributed by atoms with van der Waals surface area (Å²) < 4.78 is 49.9. The lowest BCUT2D eigenvalue weighted by molar-refractivity contribution is -0.137. The fraction of sp³-hybridized carbons (Fsp3) is 0.333. The van der Waals surface area contributed by atoms with Crippen molar-refractivity contribution in [1.29, 1.82) is 0 Å². The fourth-order valence-electron chi connectivity index (χ4n) is 2.76. The minimum Gasteiger partial charge on any atom is -0.486 e. The van der Waals surface area contributed by atoms with Crippen molar-refractivity contribution in [3.63, 3.8) is 0 Å². The van der Waals surface area contributed by atoms with Crippen molar-refractivity contribution in [2.45, 2.75) is 32.9 Å². The Hall–Kier alpha value is -2.83. The molecule has 0 aromatic heterocycles. The molecule has 28 heavy (non-hydrogen) atoms. The average molecular weight is 394 g/mol. The number of fused-ring (bicyclic) bond motifs is 1.